The summed E-state index contributed by atoms with van der Waals surface area (Å²) in [5.74, 6) is -8.19. The zero-order valence-corrected chi connectivity index (χ0v) is 26.4. The first kappa shape index (κ1) is 45.8. The number of ether oxygens (including phenoxy) is 5. The number of amides is 1. The molecule has 0 aromatic carbocycles. The van der Waals surface area contributed by atoms with Crippen LogP contribution in [0.2, 0.25) is 0 Å². The first-order valence-corrected chi connectivity index (χ1v) is 14.0. The molecule has 0 unspecified atom stereocenters. The van der Waals surface area contributed by atoms with Crippen LogP contribution in [0.3, 0.4) is 0 Å². The molecule has 0 rings (SSSR count). The van der Waals surface area contributed by atoms with Crippen LogP contribution in [-0.2, 0) is 62.0 Å². The van der Waals surface area contributed by atoms with E-state index in [1.807, 2.05) is 0 Å². The predicted molar refractivity (Wildman–Crippen MR) is 159 cm³/mol. The molecule has 0 saturated carbocycles. The predicted octanol–water partition coefficient (Wildman–Crippen LogP) is -7.50. The van der Waals surface area contributed by atoms with Crippen molar-refractivity contribution in [3.63, 3.8) is 0 Å². The Morgan fingerprint density at radius 1 is 0.542 bits per heavy atom. The maximum Gasteiger partial charge on any atom is 0.334 e. The smallest absolute Gasteiger partial charge is 0.334 e. The third-order valence-electron chi connectivity index (χ3n) is 5.54. The number of carboxylic acid groups (broad SMARTS) is 1. The van der Waals surface area contributed by atoms with Gasteiger partial charge in [-0.3, -0.25) is 28.8 Å². The fraction of sp³-hybridized carbons (Fsp3) is 0.680. The van der Waals surface area contributed by atoms with Crippen LogP contribution in [0.5, 0.6) is 0 Å². The van der Waals surface area contributed by atoms with Crippen molar-refractivity contribution in [1.82, 2.24) is 0 Å². The lowest BCUT2D eigenvalue weighted by molar-refractivity contribution is -0.164. The van der Waals surface area contributed by atoms with E-state index < -0.39 is 123 Å². The summed E-state index contributed by atoms with van der Waals surface area (Å²) < 4.78 is 23.1. The number of carbonyl (C=O) groups excluding carboxylic acids is 7. The maximum atomic E-state index is 11.8. The van der Waals surface area contributed by atoms with E-state index in [4.69, 9.17) is 65.6 Å². The van der Waals surface area contributed by atoms with Crippen molar-refractivity contribution in [1.29, 1.82) is 0 Å². The van der Waals surface area contributed by atoms with Crippen LogP contribution in [0.1, 0.15) is 26.7 Å². The Balaban J connectivity index is 0. The summed E-state index contributed by atoms with van der Waals surface area (Å²) >= 11 is 0. The molecule has 0 bridgehead atoms. The highest BCUT2D eigenvalue weighted by atomic mass is 16.6. The van der Waals surface area contributed by atoms with E-state index >= 15 is 0 Å². The summed E-state index contributed by atoms with van der Waals surface area (Å²) in [6.07, 6.45) is 0.0116. The molecule has 0 aliphatic carbocycles. The molecule has 0 radical (unpaired) electrons. The highest BCUT2D eigenvalue weighted by molar-refractivity contribution is 5.91. The van der Waals surface area contributed by atoms with Crippen LogP contribution in [0, 0.1) is 5.92 Å². The summed E-state index contributed by atoms with van der Waals surface area (Å²) in [5, 5.41) is 17.1. The second-order valence-corrected chi connectivity index (χ2v) is 10.2. The van der Waals surface area contributed by atoms with Gasteiger partial charge in [0.25, 0.3) is 0 Å². The Morgan fingerprint density at radius 3 is 1.27 bits per heavy atom. The average Bonchev–Trinajstić information content (AvgIpc) is 3.04. The Bertz CT molecular complexity index is 1110. The summed E-state index contributed by atoms with van der Waals surface area (Å²) in [4.78, 5) is 90.1. The molecule has 23 nitrogen and oxygen atoms in total. The number of aliphatic hydroxyl groups excluding tert-OH is 1. The Hall–Kier alpha value is -4.36. The van der Waals surface area contributed by atoms with Crippen molar-refractivity contribution in [2.75, 3.05) is 33.0 Å². The van der Waals surface area contributed by atoms with Gasteiger partial charge in [-0.1, -0.05) is 13.8 Å². The lowest BCUT2D eigenvalue weighted by atomic mass is 10.1. The van der Waals surface area contributed by atoms with Crippen molar-refractivity contribution in [2.24, 2.45) is 51.8 Å². The minimum Gasteiger partial charge on any atom is -0.480 e. The minimum absolute atomic E-state index is 0.0404. The highest BCUT2D eigenvalue weighted by Crippen LogP contribution is 2.02. The van der Waals surface area contributed by atoms with E-state index in [1.165, 1.54) is 0 Å². The maximum absolute atomic E-state index is 11.8. The van der Waals surface area contributed by atoms with Gasteiger partial charge in [0.05, 0.1) is 6.61 Å². The summed E-state index contributed by atoms with van der Waals surface area (Å²) in [6, 6.07) is -8.96. The standard InChI is InChI=1S/C17H31N5O10.C8H15N3O5/c1-7(2)12(22)17(28)31-4-9(19)14(25)30-6-11(21)16(27)32-15(26)10(20)5-29-13(24)8(18)3-23;9-4(1-2-6(11)12)8(15)16-3-5(10)7(13)14/h7-12,23H,3-6,18-22H2,1-2H3;4-5H,1-3,9-10H2,(H2,11,12)(H,13,14)/t8-,9-,10-,11-,12-;4-,5-/m00/s1. The van der Waals surface area contributed by atoms with Gasteiger partial charge in [0.2, 0.25) is 5.91 Å². The fourth-order valence-corrected chi connectivity index (χ4v) is 2.39. The van der Waals surface area contributed by atoms with Gasteiger partial charge in [-0.15, -0.1) is 0 Å². The Morgan fingerprint density at radius 2 is 0.896 bits per heavy atom. The summed E-state index contributed by atoms with van der Waals surface area (Å²) in [7, 11) is 0. The van der Waals surface area contributed by atoms with E-state index in [2.05, 4.69) is 14.2 Å². The molecule has 0 aromatic heterocycles. The largest absolute Gasteiger partial charge is 0.480 e. The first-order valence-electron chi connectivity index (χ1n) is 14.0. The molecule has 0 aliphatic heterocycles. The number of carbonyl (C=O) groups is 8. The van der Waals surface area contributed by atoms with Crippen molar-refractivity contribution in [3.8, 4) is 0 Å². The number of esters is 6. The molecule has 276 valence electrons. The number of aliphatic hydroxyl groups is 1. The third kappa shape index (κ3) is 20.0. The molecule has 0 aromatic rings. The second kappa shape index (κ2) is 23.9. The van der Waals surface area contributed by atoms with Gasteiger partial charge in [-0.25, -0.2) is 9.59 Å². The number of hydrogen-bond acceptors (Lipinski definition) is 21. The van der Waals surface area contributed by atoms with Gasteiger partial charge in [-0.05, 0) is 12.3 Å². The molecule has 0 aliphatic rings. The molecular formula is C25H46N8O15. The lowest BCUT2D eigenvalue weighted by Gasteiger charge is -2.17. The minimum atomic E-state index is -1.57. The monoisotopic (exact) mass is 698 g/mol. The van der Waals surface area contributed by atoms with Gasteiger partial charge >= 0.3 is 41.8 Å². The number of carboxylic acids is 1. The first-order chi connectivity index (χ1) is 22.2. The molecule has 0 saturated heterocycles. The van der Waals surface area contributed by atoms with Crippen LogP contribution in [0.4, 0.5) is 0 Å². The number of nitrogens with two attached hydrogens (primary N) is 8. The zero-order valence-electron chi connectivity index (χ0n) is 26.4. The molecule has 0 heterocycles. The van der Waals surface area contributed by atoms with Gasteiger partial charge in [-0.2, -0.15) is 0 Å². The molecule has 7 atom stereocenters. The van der Waals surface area contributed by atoms with Crippen LogP contribution in [0.15, 0.2) is 0 Å². The molecule has 0 spiro atoms. The van der Waals surface area contributed by atoms with Crippen molar-refractivity contribution in [3.05, 3.63) is 0 Å². The van der Waals surface area contributed by atoms with Gasteiger partial charge < -0.3 is 79.8 Å². The van der Waals surface area contributed by atoms with E-state index in [1.54, 1.807) is 13.8 Å². The van der Waals surface area contributed by atoms with E-state index in [0.717, 1.165) is 0 Å². The van der Waals surface area contributed by atoms with Crippen molar-refractivity contribution in [2.45, 2.75) is 69.0 Å². The quantitative estimate of drug-likeness (QED) is 0.0320. The van der Waals surface area contributed by atoms with E-state index in [0.29, 0.717) is 0 Å². The molecule has 23 heteroatoms. The fourth-order valence-electron chi connectivity index (χ4n) is 2.39. The zero-order chi connectivity index (χ0) is 37.7. The highest BCUT2D eigenvalue weighted by Gasteiger charge is 2.28. The average molecular weight is 699 g/mol. The van der Waals surface area contributed by atoms with Crippen LogP contribution in [0.25, 0.3) is 0 Å². The normalized spacial score (nSPS) is 15.1. The van der Waals surface area contributed by atoms with Gasteiger partial charge in [0, 0.05) is 6.42 Å². The Kier molecular flexibility index (Phi) is 22.8. The number of rotatable bonds is 20. The molecule has 0 fully saturated rings. The Labute approximate surface area is 274 Å². The van der Waals surface area contributed by atoms with E-state index in [9.17, 15) is 38.4 Å². The number of aliphatic carboxylic acids is 1. The molecule has 1 amide bonds. The van der Waals surface area contributed by atoms with Crippen LogP contribution in [-0.4, -0.2) is 133 Å². The number of hydrogen-bond donors (Lipinski definition) is 10. The van der Waals surface area contributed by atoms with Gasteiger partial charge in [0.15, 0.2) is 0 Å². The second-order valence-electron chi connectivity index (χ2n) is 10.2. The topological polar surface area (TPSA) is 431 Å². The lowest BCUT2D eigenvalue weighted by Crippen LogP contribution is -2.46. The van der Waals surface area contributed by atoms with Crippen molar-refractivity contribution >= 4 is 47.7 Å². The third-order valence-corrected chi connectivity index (χ3v) is 5.54. The van der Waals surface area contributed by atoms with Crippen LogP contribution >= 0.6 is 0 Å². The summed E-state index contributed by atoms with van der Waals surface area (Å²) in [5.41, 5.74) is 42.5. The molecular weight excluding hydrogens is 652 g/mol. The van der Waals surface area contributed by atoms with E-state index in [-0.39, 0.29) is 18.8 Å². The molecule has 48 heavy (non-hydrogen) atoms. The summed E-state index contributed by atoms with van der Waals surface area (Å²) in [6.45, 7) is 0.393. The number of primary amides is 1. The SMILES string of the molecule is CC(C)[C@H](N)C(=O)OC[C@H](N)C(=O)OC[C@H](N)C(=O)OC(=O)[C@@H](N)COC(=O)[C@@H](N)CO.NC(=O)CC[C@H](N)C(=O)OC[C@H](N)C(=O)O. The van der Waals surface area contributed by atoms with Crippen molar-refractivity contribution < 1.29 is 72.3 Å². The van der Waals surface area contributed by atoms with Gasteiger partial charge in [0.1, 0.15) is 68.7 Å². The molecule has 18 N–H and O–H groups in total. The van der Waals surface area contributed by atoms with Crippen LogP contribution < -0.4 is 45.9 Å².